The van der Waals surface area contributed by atoms with Gasteiger partial charge in [0.05, 0.1) is 6.04 Å². The van der Waals surface area contributed by atoms with Crippen molar-refractivity contribution in [2.75, 3.05) is 0 Å². The maximum Gasteiger partial charge on any atom is 0.227 e. The number of benzene rings is 2. The second kappa shape index (κ2) is 7.70. The van der Waals surface area contributed by atoms with Gasteiger partial charge in [-0.2, -0.15) is 4.98 Å². The van der Waals surface area contributed by atoms with Crippen molar-refractivity contribution < 1.29 is 13.7 Å². The van der Waals surface area contributed by atoms with Crippen molar-refractivity contribution in [2.24, 2.45) is 0 Å². The lowest BCUT2D eigenvalue weighted by Gasteiger charge is -2.26. The lowest BCUT2D eigenvalue weighted by molar-refractivity contribution is -0.122. The van der Waals surface area contributed by atoms with Crippen LogP contribution >= 0.6 is 0 Å². The van der Waals surface area contributed by atoms with Crippen molar-refractivity contribution in [3.05, 3.63) is 71.4 Å². The van der Waals surface area contributed by atoms with Crippen LogP contribution in [0, 0.1) is 5.82 Å². The molecule has 1 N–H and O–H groups in total. The Labute approximate surface area is 156 Å². The molecule has 1 heterocycles. The summed E-state index contributed by atoms with van der Waals surface area (Å²) < 4.78 is 18.2. The van der Waals surface area contributed by atoms with Crippen molar-refractivity contribution in [1.82, 2.24) is 15.5 Å². The van der Waals surface area contributed by atoms with Gasteiger partial charge in [0.1, 0.15) is 5.82 Å². The van der Waals surface area contributed by atoms with E-state index in [-0.39, 0.29) is 24.2 Å². The van der Waals surface area contributed by atoms with Crippen LogP contribution in [0.5, 0.6) is 0 Å². The van der Waals surface area contributed by atoms with Crippen molar-refractivity contribution in [1.29, 1.82) is 0 Å². The summed E-state index contributed by atoms with van der Waals surface area (Å²) in [4.78, 5) is 16.7. The number of aryl methyl sites for hydroxylation is 2. The number of carbonyl (C=O) groups is 1. The maximum atomic E-state index is 13.0. The Hall–Kier alpha value is -3.02. The highest BCUT2D eigenvalue weighted by Crippen LogP contribution is 2.29. The van der Waals surface area contributed by atoms with Crippen molar-refractivity contribution in [3.8, 4) is 11.4 Å². The summed E-state index contributed by atoms with van der Waals surface area (Å²) in [6, 6.07) is 14.2. The van der Waals surface area contributed by atoms with Gasteiger partial charge < -0.3 is 9.84 Å². The molecule has 0 bridgehead atoms. The largest absolute Gasteiger partial charge is 0.349 e. The lowest BCUT2D eigenvalue weighted by Crippen LogP contribution is -2.31. The van der Waals surface area contributed by atoms with Crippen LogP contribution in [0.15, 0.2) is 53.1 Å². The van der Waals surface area contributed by atoms with Crippen LogP contribution in [0.1, 0.15) is 42.3 Å². The zero-order valence-electron chi connectivity index (χ0n) is 14.8. The molecule has 0 aliphatic heterocycles. The topological polar surface area (TPSA) is 68.0 Å². The monoisotopic (exact) mass is 365 g/mol. The van der Waals surface area contributed by atoms with Crippen molar-refractivity contribution in [3.63, 3.8) is 0 Å². The molecule has 3 aromatic rings. The fourth-order valence-corrected chi connectivity index (χ4v) is 3.46. The fourth-order valence-electron chi connectivity index (χ4n) is 3.46. The highest BCUT2D eigenvalue weighted by atomic mass is 19.1. The number of rotatable bonds is 5. The zero-order valence-corrected chi connectivity index (χ0v) is 14.8. The standard InChI is InChI=1S/C21H20FN3O2/c22-16-10-8-15(9-11-16)21-24-20(27-25-21)13-12-19(26)23-18-7-3-5-14-4-1-2-6-17(14)18/h1-2,4,6,8-11,18H,3,5,7,12-13H2,(H,23,26)/t18-/m0/s1. The number of fused-ring (bicyclic) bond motifs is 1. The highest BCUT2D eigenvalue weighted by Gasteiger charge is 2.21. The molecular weight excluding hydrogens is 345 g/mol. The number of hydrogen-bond donors (Lipinski definition) is 1. The fraction of sp³-hybridized carbons (Fsp3) is 0.286. The van der Waals surface area contributed by atoms with E-state index in [1.807, 2.05) is 12.1 Å². The van der Waals surface area contributed by atoms with E-state index in [0.717, 1.165) is 19.3 Å². The van der Waals surface area contributed by atoms with E-state index < -0.39 is 0 Å². The van der Waals surface area contributed by atoms with Gasteiger partial charge >= 0.3 is 0 Å². The molecule has 6 heteroatoms. The summed E-state index contributed by atoms with van der Waals surface area (Å²) in [5, 5.41) is 7.02. The number of nitrogens with zero attached hydrogens (tertiary/aromatic N) is 2. The van der Waals surface area contributed by atoms with Crippen molar-refractivity contribution in [2.45, 2.75) is 38.1 Å². The van der Waals surface area contributed by atoms with Gasteiger partial charge in [0.2, 0.25) is 17.6 Å². The number of halogens is 1. The predicted octanol–water partition coefficient (Wildman–Crippen LogP) is 4.00. The van der Waals surface area contributed by atoms with Gasteiger partial charge in [-0.3, -0.25) is 4.79 Å². The first-order valence-electron chi connectivity index (χ1n) is 9.15. The van der Waals surface area contributed by atoms with Gasteiger partial charge in [0.25, 0.3) is 0 Å². The molecule has 138 valence electrons. The Morgan fingerprint density at radius 1 is 1.19 bits per heavy atom. The van der Waals surface area contributed by atoms with E-state index in [9.17, 15) is 9.18 Å². The molecule has 0 unspecified atom stereocenters. The van der Waals surface area contributed by atoms with E-state index in [1.54, 1.807) is 12.1 Å². The summed E-state index contributed by atoms with van der Waals surface area (Å²) in [6.45, 7) is 0. The molecule has 2 aromatic carbocycles. The molecule has 5 nitrogen and oxygen atoms in total. The maximum absolute atomic E-state index is 13.0. The minimum Gasteiger partial charge on any atom is -0.349 e. The molecule has 1 atom stereocenters. The van der Waals surface area contributed by atoms with Crippen LogP contribution in [-0.4, -0.2) is 16.0 Å². The molecule has 0 spiro atoms. The van der Waals surface area contributed by atoms with Gasteiger partial charge in [-0.1, -0.05) is 29.4 Å². The Morgan fingerprint density at radius 3 is 2.85 bits per heavy atom. The third-order valence-corrected chi connectivity index (χ3v) is 4.84. The summed E-state index contributed by atoms with van der Waals surface area (Å²) in [5.74, 6) is 0.446. The third kappa shape index (κ3) is 4.05. The molecule has 1 aliphatic carbocycles. The second-order valence-corrected chi connectivity index (χ2v) is 6.73. The SMILES string of the molecule is O=C(CCc1nc(-c2ccc(F)cc2)no1)N[C@H]1CCCc2ccccc21. The van der Waals surface area contributed by atoms with E-state index in [1.165, 1.54) is 23.3 Å². The molecule has 0 saturated carbocycles. The minimum absolute atomic E-state index is 0.0294. The average molecular weight is 365 g/mol. The van der Waals surface area contributed by atoms with Gasteiger partial charge in [-0.25, -0.2) is 4.39 Å². The average Bonchev–Trinajstić information content (AvgIpc) is 3.16. The highest BCUT2D eigenvalue weighted by molar-refractivity contribution is 5.76. The normalized spacial score (nSPS) is 16.0. The number of hydrogen-bond acceptors (Lipinski definition) is 4. The molecule has 0 saturated heterocycles. The van der Waals surface area contributed by atoms with Gasteiger partial charge in [0, 0.05) is 18.4 Å². The first-order valence-corrected chi connectivity index (χ1v) is 9.15. The number of nitrogens with one attached hydrogen (secondary N) is 1. The quantitative estimate of drug-likeness (QED) is 0.742. The Kier molecular flexibility index (Phi) is 4.96. The van der Waals surface area contributed by atoms with E-state index in [4.69, 9.17) is 4.52 Å². The molecule has 1 amide bonds. The van der Waals surface area contributed by atoms with E-state index >= 15 is 0 Å². The van der Waals surface area contributed by atoms with Crippen LogP contribution in [0.2, 0.25) is 0 Å². The smallest absolute Gasteiger partial charge is 0.227 e. The molecule has 0 radical (unpaired) electrons. The second-order valence-electron chi connectivity index (χ2n) is 6.73. The summed E-state index contributed by atoms with van der Waals surface area (Å²) in [5.41, 5.74) is 3.21. The minimum atomic E-state index is -0.316. The van der Waals surface area contributed by atoms with Crippen LogP contribution in [0.25, 0.3) is 11.4 Å². The summed E-state index contributed by atoms with van der Waals surface area (Å²) in [7, 11) is 0. The first-order chi connectivity index (χ1) is 13.2. The molecule has 27 heavy (non-hydrogen) atoms. The van der Waals surface area contributed by atoms with Crippen LogP contribution in [0.3, 0.4) is 0 Å². The van der Waals surface area contributed by atoms with E-state index in [2.05, 4.69) is 27.6 Å². The van der Waals surface area contributed by atoms with Gasteiger partial charge in [-0.15, -0.1) is 0 Å². The predicted molar refractivity (Wildman–Crippen MR) is 98.3 cm³/mol. The van der Waals surface area contributed by atoms with E-state index in [0.29, 0.717) is 23.7 Å². The van der Waals surface area contributed by atoms with Gasteiger partial charge in [-0.05, 0) is 54.7 Å². The van der Waals surface area contributed by atoms with Crippen LogP contribution in [-0.2, 0) is 17.6 Å². The van der Waals surface area contributed by atoms with Crippen molar-refractivity contribution >= 4 is 5.91 Å². The number of carbonyl (C=O) groups excluding carboxylic acids is 1. The van der Waals surface area contributed by atoms with Crippen LogP contribution in [0.4, 0.5) is 4.39 Å². The molecule has 0 fully saturated rings. The summed E-state index contributed by atoms with van der Waals surface area (Å²) >= 11 is 0. The molecule has 1 aromatic heterocycles. The number of amides is 1. The number of aromatic nitrogens is 2. The third-order valence-electron chi connectivity index (χ3n) is 4.84. The molecular formula is C21H20FN3O2. The van der Waals surface area contributed by atoms with Crippen LogP contribution < -0.4 is 5.32 Å². The Bertz CT molecular complexity index is 937. The Morgan fingerprint density at radius 2 is 2.00 bits per heavy atom. The Balaban J connectivity index is 1.34. The first kappa shape index (κ1) is 17.4. The lowest BCUT2D eigenvalue weighted by atomic mass is 9.87. The molecule has 4 rings (SSSR count). The molecule has 1 aliphatic rings. The zero-order chi connectivity index (χ0) is 18.6. The summed E-state index contributed by atoms with van der Waals surface area (Å²) in [6.07, 6.45) is 3.75. The van der Waals surface area contributed by atoms with Gasteiger partial charge in [0.15, 0.2) is 0 Å².